The van der Waals surface area contributed by atoms with E-state index in [4.69, 9.17) is 37.9 Å². The molecule has 0 saturated carbocycles. The van der Waals surface area contributed by atoms with Gasteiger partial charge < -0.3 is 115 Å². The molecule has 4 heterocycles. The smallest absolute Gasteiger partial charge is 0.220 e. The molecule has 0 aliphatic carbocycles. The fraction of sp³-hybridized carbons (Fsp3) is 0.939. The molecule has 0 aromatic heterocycles. The van der Waals surface area contributed by atoms with E-state index in [9.17, 15) is 76.0 Å². The maximum Gasteiger partial charge on any atom is 0.220 e. The van der Waals surface area contributed by atoms with E-state index in [0.717, 1.165) is 45.4 Å². The fourth-order valence-corrected chi connectivity index (χ4v) is 12.4. The van der Waals surface area contributed by atoms with E-state index in [1.165, 1.54) is 148 Å². The van der Waals surface area contributed by atoms with Crippen LogP contribution < -0.4 is 10.6 Å². The van der Waals surface area contributed by atoms with Crippen LogP contribution >= 0.6 is 0 Å². The van der Waals surface area contributed by atoms with Crippen LogP contribution in [0.1, 0.15) is 226 Å². The molecule has 25 nitrogen and oxygen atoms in total. The number of ether oxygens (including phenoxy) is 8. The Kier molecular flexibility index (Phi) is 41.9. The van der Waals surface area contributed by atoms with Gasteiger partial charge in [-0.25, -0.2) is 0 Å². The van der Waals surface area contributed by atoms with Gasteiger partial charge in [-0.1, -0.05) is 206 Å². The highest BCUT2D eigenvalue weighted by atomic mass is 16.8. The summed E-state index contributed by atoms with van der Waals surface area (Å²) in [6, 6.07) is -2.53. The number of unbranched alkanes of at least 4 members (excludes halogenated alkanes) is 29. The SMILES string of the molecule is CCCCCCCCCCCCCC=CC(O)C(COC1OC(CO)C(OC2OC(CO)C(OC3OC(CO)C(O)C(OC4OC(CO)C(O)C(O)C4NC(C)=O)C3O)C(O)C2O)C(O)C1O)NC(=O)CCCCCCCCCCCCCCCCCCCCC. The van der Waals surface area contributed by atoms with E-state index in [2.05, 4.69) is 24.5 Å². The Hall–Kier alpha value is -2.16. The molecule has 22 atom stereocenters. The lowest BCUT2D eigenvalue weighted by atomic mass is 9.95. The summed E-state index contributed by atoms with van der Waals surface area (Å²) < 4.78 is 46.5. The first-order chi connectivity index (χ1) is 44.0. The molecular weight excluding hydrogens is 1190 g/mol. The molecule has 534 valence electrons. The van der Waals surface area contributed by atoms with E-state index in [1.807, 2.05) is 6.08 Å². The van der Waals surface area contributed by atoms with Crippen molar-refractivity contribution < 1.29 is 114 Å². The number of carbonyl (C=O) groups excluding carboxylic acids is 2. The fourth-order valence-electron chi connectivity index (χ4n) is 12.4. The molecule has 0 aromatic rings. The van der Waals surface area contributed by atoms with Crippen LogP contribution in [0.4, 0.5) is 0 Å². The third kappa shape index (κ3) is 28.4. The molecule has 0 spiro atoms. The monoisotopic (exact) mass is 1310 g/mol. The molecule has 91 heavy (non-hydrogen) atoms. The second kappa shape index (κ2) is 46.9. The molecule has 25 heteroatoms. The van der Waals surface area contributed by atoms with Crippen LogP contribution in [0.25, 0.3) is 0 Å². The van der Waals surface area contributed by atoms with Crippen LogP contribution in [0.3, 0.4) is 0 Å². The maximum absolute atomic E-state index is 13.4. The molecule has 22 unspecified atom stereocenters. The first kappa shape index (κ1) is 81.3. The van der Waals surface area contributed by atoms with Gasteiger partial charge in [0.1, 0.15) is 97.6 Å². The van der Waals surface area contributed by atoms with E-state index >= 15 is 0 Å². The van der Waals surface area contributed by atoms with Gasteiger partial charge in [-0.05, 0) is 19.3 Å². The van der Waals surface area contributed by atoms with E-state index in [1.54, 1.807) is 6.08 Å². The number of amides is 2. The second-order valence-electron chi connectivity index (χ2n) is 25.7. The molecular formula is C66H122N2O23. The van der Waals surface area contributed by atoms with Crippen molar-refractivity contribution in [2.45, 2.75) is 361 Å². The second-order valence-corrected chi connectivity index (χ2v) is 25.7. The quantitative estimate of drug-likeness (QED) is 0.0307. The zero-order valence-electron chi connectivity index (χ0n) is 54.9. The largest absolute Gasteiger partial charge is 0.394 e. The number of hydrogen-bond acceptors (Lipinski definition) is 23. The van der Waals surface area contributed by atoms with E-state index in [-0.39, 0.29) is 12.3 Å². The number of hydrogen-bond donors (Lipinski definition) is 15. The van der Waals surface area contributed by atoms with Crippen LogP contribution in [0.2, 0.25) is 0 Å². The summed E-state index contributed by atoms with van der Waals surface area (Å²) in [5, 5.41) is 147. The average molecular weight is 1310 g/mol. The Balaban J connectivity index is 1.31. The van der Waals surface area contributed by atoms with Crippen LogP contribution in [0.5, 0.6) is 0 Å². The van der Waals surface area contributed by atoms with Gasteiger partial charge in [-0.2, -0.15) is 0 Å². The minimum Gasteiger partial charge on any atom is -0.394 e. The molecule has 0 aromatic carbocycles. The summed E-state index contributed by atoms with van der Waals surface area (Å²) in [5.41, 5.74) is 0. The van der Waals surface area contributed by atoms with E-state index in [0.29, 0.717) is 12.8 Å². The van der Waals surface area contributed by atoms with Crippen molar-refractivity contribution in [3.63, 3.8) is 0 Å². The van der Waals surface area contributed by atoms with Gasteiger partial charge in [0.05, 0.1) is 45.2 Å². The topological polar surface area (TPSA) is 395 Å². The number of aliphatic hydroxyl groups is 13. The van der Waals surface area contributed by atoms with Crippen LogP contribution in [-0.4, -0.2) is 246 Å². The number of aliphatic hydroxyl groups excluding tert-OH is 13. The average Bonchev–Trinajstić information content (AvgIpc) is 0.859. The molecule has 4 rings (SSSR count). The van der Waals surface area contributed by atoms with Crippen molar-refractivity contribution in [3.8, 4) is 0 Å². The summed E-state index contributed by atoms with van der Waals surface area (Å²) >= 11 is 0. The highest BCUT2D eigenvalue weighted by Gasteiger charge is 2.56. The Morgan fingerprint density at radius 2 is 0.802 bits per heavy atom. The van der Waals surface area contributed by atoms with Crippen molar-refractivity contribution in [3.05, 3.63) is 12.2 Å². The first-order valence-electron chi connectivity index (χ1n) is 34.9. The number of carbonyl (C=O) groups is 2. The van der Waals surface area contributed by atoms with Crippen molar-refractivity contribution in [1.82, 2.24) is 10.6 Å². The third-order valence-corrected chi connectivity index (χ3v) is 18.1. The molecule has 0 radical (unpaired) electrons. The highest BCUT2D eigenvalue weighted by Crippen LogP contribution is 2.35. The number of rotatable bonds is 49. The van der Waals surface area contributed by atoms with Crippen molar-refractivity contribution in [2.75, 3.05) is 33.0 Å². The van der Waals surface area contributed by atoms with Crippen LogP contribution in [0, 0.1) is 0 Å². The minimum atomic E-state index is -2.09. The lowest BCUT2D eigenvalue weighted by molar-refractivity contribution is -0.386. The molecule has 4 saturated heterocycles. The standard InChI is InChI=1S/C66H122N2O23/c1-4-6-8-10-12-14-16-18-19-20-21-22-23-25-27-29-31-33-35-37-50(75)68-44(45(74)36-34-32-30-28-26-24-17-15-13-11-9-7-5-2)42-84-64-57(81)55(79)60(48(40-71)87-64)89-65-58(82)56(80)61(49(41-72)88-65)90-66-59(83)62(53(77)47(39-70)86-66)91-63-51(67-43(3)73)54(78)52(76)46(38-69)85-63/h34,36,44-49,51-66,69-72,74,76-83H,4-33,35,37-42H2,1-3H3,(H,67,73)(H,68,75). The highest BCUT2D eigenvalue weighted by molar-refractivity contribution is 5.76. The van der Waals surface area contributed by atoms with Gasteiger partial charge in [0.2, 0.25) is 11.8 Å². The lowest BCUT2D eigenvalue weighted by Crippen LogP contribution is -2.69. The van der Waals surface area contributed by atoms with Gasteiger partial charge in [-0.15, -0.1) is 0 Å². The predicted octanol–water partition coefficient (Wildman–Crippen LogP) is 3.34. The normalized spacial score (nSPS) is 32.9. The Bertz CT molecular complexity index is 1900. The van der Waals surface area contributed by atoms with Gasteiger partial charge in [0.15, 0.2) is 25.2 Å². The maximum atomic E-state index is 13.4. The summed E-state index contributed by atoms with van der Waals surface area (Å²) in [6.07, 6.45) is 5.61. The summed E-state index contributed by atoms with van der Waals surface area (Å²) in [4.78, 5) is 25.5. The van der Waals surface area contributed by atoms with E-state index < -0.39 is 174 Å². The van der Waals surface area contributed by atoms with Crippen molar-refractivity contribution >= 4 is 11.8 Å². The van der Waals surface area contributed by atoms with Crippen LogP contribution in [0.15, 0.2) is 12.2 Å². The predicted molar refractivity (Wildman–Crippen MR) is 335 cm³/mol. The van der Waals surface area contributed by atoms with Gasteiger partial charge in [0, 0.05) is 13.3 Å². The number of allylic oxidation sites excluding steroid dienone is 1. The molecule has 4 aliphatic heterocycles. The minimum absolute atomic E-state index is 0.219. The first-order valence-corrected chi connectivity index (χ1v) is 34.9. The molecule has 4 aliphatic rings. The van der Waals surface area contributed by atoms with Crippen LogP contribution in [-0.2, 0) is 47.5 Å². The molecule has 15 N–H and O–H groups in total. The third-order valence-electron chi connectivity index (χ3n) is 18.1. The van der Waals surface area contributed by atoms with Gasteiger partial charge in [0.25, 0.3) is 0 Å². The Labute approximate surface area is 540 Å². The van der Waals surface area contributed by atoms with Crippen molar-refractivity contribution in [2.24, 2.45) is 0 Å². The lowest BCUT2D eigenvalue weighted by Gasteiger charge is -2.49. The molecule has 0 bridgehead atoms. The summed E-state index contributed by atoms with van der Waals surface area (Å²) in [5.74, 6) is -1.00. The Morgan fingerprint density at radius 1 is 0.429 bits per heavy atom. The molecule has 4 fully saturated rings. The summed E-state index contributed by atoms with van der Waals surface area (Å²) in [6.45, 7) is 1.64. The van der Waals surface area contributed by atoms with Gasteiger partial charge >= 0.3 is 0 Å². The zero-order valence-corrected chi connectivity index (χ0v) is 54.9. The zero-order chi connectivity index (χ0) is 66.5. The Morgan fingerprint density at radius 3 is 1.25 bits per heavy atom. The number of nitrogens with one attached hydrogen (secondary N) is 2. The molecule has 2 amide bonds. The summed E-state index contributed by atoms with van der Waals surface area (Å²) in [7, 11) is 0. The van der Waals surface area contributed by atoms with Crippen molar-refractivity contribution in [1.29, 1.82) is 0 Å². The van der Waals surface area contributed by atoms with Gasteiger partial charge in [-0.3, -0.25) is 9.59 Å².